The molecule has 0 heterocycles. The number of carboxylic acid groups (broad SMARTS) is 1. The number of nitrogens with zero attached hydrogens (tertiary/aromatic N) is 1. The Bertz CT molecular complexity index is 762. The number of rotatable bonds is 9. The minimum absolute atomic E-state index is 0.197. The molecule has 0 fully saturated rings. The van der Waals surface area contributed by atoms with Gasteiger partial charge in [-0.1, -0.05) is 36.4 Å². The Hall–Kier alpha value is -3.09. The number of aliphatic carboxylic acids is 1. The van der Waals surface area contributed by atoms with Crippen molar-refractivity contribution in [2.45, 2.75) is 12.3 Å². The summed E-state index contributed by atoms with van der Waals surface area (Å²) in [4.78, 5) is 22.6. The van der Waals surface area contributed by atoms with Crippen LogP contribution in [0.5, 0.6) is 11.5 Å². The van der Waals surface area contributed by atoms with Crippen LogP contribution in [0, 0.1) is 16.0 Å². The van der Waals surface area contributed by atoms with Gasteiger partial charge >= 0.3 is 5.97 Å². The van der Waals surface area contributed by atoms with Gasteiger partial charge in [-0.05, 0) is 29.7 Å². The normalized spacial score (nSPS) is 12.8. The van der Waals surface area contributed by atoms with Crippen molar-refractivity contribution in [1.82, 2.24) is 0 Å². The number of hydrogen-bond acceptors (Lipinski definition) is 5. The van der Waals surface area contributed by atoms with E-state index in [0.717, 1.165) is 5.56 Å². The predicted molar refractivity (Wildman–Crippen MR) is 95.4 cm³/mol. The van der Waals surface area contributed by atoms with Crippen LogP contribution in [0.25, 0.3) is 0 Å². The first-order valence-electron chi connectivity index (χ1n) is 8.06. The van der Waals surface area contributed by atoms with Crippen LogP contribution in [0.1, 0.15) is 17.0 Å². The molecule has 2 atom stereocenters. The lowest BCUT2D eigenvalue weighted by molar-refractivity contribution is -0.484. The zero-order valence-electron chi connectivity index (χ0n) is 14.6. The van der Waals surface area contributed by atoms with Gasteiger partial charge in [0.25, 0.3) is 0 Å². The van der Waals surface area contributed by atoms with Crippen molar-refractivity contribution in [1.29, 1.82) is 0 Å². The van der Waals surface area contributed by atoms with Gasteiger partial charge in [0.05, 0.1) is 26.1 Å². The molecule has 138 valence electrons. The highest BCUT2D eigenvalue weighted by Crippen LogP contribution is 2.35. The molecular formula is C19H21NO6. The largest absolute Gasteiger partial charge is 0.493 e. The zero-order chi connectivity index (χ0) is 19.1. The van der Waals surface area contributed by atoms with Crippen LogP contribution in [0.4, 0.5) is 0 Å². The minimum atomic E-state index is -1.07. The Morgan fingerprint density at radius 3 is 2.31 bits per heavy atom. The summed E-state index contributed by atoms with van der Waals surface area (Å²) in [5, 5.41) is 20.9. The van der Waals surface area contributed by atoms with E-state index in [1.54, 1.807) is 18.2 Å². The number of carbonyl (C=O) groups is 1. The summed E-state index contributed by atoms with van der Waals surface area (Å²) in [6, 6.07) is 14.0. The molecule has 0 aromatic heterocycles. The average Bonchev–Trinajstić information content (AvgIpc) is 2.64. The number of methoxy groups -OCH3 is 2. The molecule has 0 bridgehead atoms. The molecule has 0 spiro atoms. The molecule has 0 aliphatic carbocycles. The third-order valence-corrected chi connectivity index (χ3v) is 4.28. The standard InChI is InChI=1S/C19H21NO6/c1-25-17-9-8-14(11-18(17)26-2)16(12-20(23)24)15(19(21)22)10-13-6-4-3-5-7-13/h3-9,11,15-16H,10,12H2,1-2H3,(H,21,22). The van der Waals surface area contributed by atoms with Gasteiger partial charge in [-0.2, -0.15) is 0 Å². The van der Waals surface area contributed by atoms with E-state index in [4.69, 9.17) is 9.47 Å². The summed E-state index contributed by atoms with van der Waals surface area (Å²) in [5.41, 5.74) is 1.34. The summed E-state index contributed by atoms with van der Waals surface area (Å²) in [5.74, 6) is -1.94. The Kier molecular flexibility index (Phi) is 6.54. The van der Waals surface area contributed by atoms with Crippen LogP contribution in [0.15, 0.2) is 48.5 Å². The maximum atomic E-state index is 11.9. The second kappa shape index (κ2) is 8.84. The topological polar surface area (TPSA) is 98.9 Å². The van der Waals surface area contributed by atoms with Crippen molar-refractivity contribution in [3.8, 4) is 11.5 Å². The monoisotopic (exact) mass is 359 g/mol. The molecule has 2 unspecified atom stereocenters. The van der Waals surface area contributed by atoms with Gasteiger partial charge in [0, 0.05) is 4.92 Å². The molecule has 0 amide bonds. The fraction of sp³-hybridized carbons (Fsp3) is 0.316. The lowest BCUT2D eigenvalue weighted by atomic mass is 9.82. The highest BCUT2D eigenvalue weighted by atomic mass is 16.6. The van der Waals surface area contributed by atoms with Gasteiger partial charge in [0.1, 0.15) is 0 Å². The van der Waals surface area contributed by atoms with Gasteiger partial charge in [-0.25, -0.2) is 0 Å². The van der Waals surface area contributed by atoms with E-state index in [-0.39, 0.29) is 6.42 Å². The van der Waals surface area contributed by atoms with E-state index in [1.807, 2.05) is 30.3 Å². The van der Waals surface area contributed by atoms with E-state index in [1.165, 1.54) is 14.2 Å². The molecule has 7 nitrogen and oxygen atoms in total. The molecular weight excluding hydrogens is 338 g/mol. The van der Waals surface area contributed by atoms with E-state index in [2.05, 4.69) is 0 Å². The van der Waals surface area contributed by atoms with Crippen molar-refractivity contribution in [2.75, 3.05) is 20.8 Å². The van der Waals surface area contributed by atoms with Crippen molar-refractivity contribution in [3.63, 3.8) is 0 Å². The lowest BCUT2D eigenvalue weighted by Gasteiger charge is -2.22. The van der Waals surface area contributed by atoms with Crippen molar-refractivity contribution >= 4 is 5.97 Å². The lowest BCUT2D eigenvalue weighted by Crippen LogP contribution is -2.29. The number of nitro groups is 1. The summed E-state index contributed by atoms with van der Waals surface area (Å²) in [6.07, 6.45) is 0.197. The number of benzene rings is 2. The Labute approximate surface area is 151 Å². The molecule has 0 saturated carbocycles. The Morgan fingerprint density at radius 1 is 1.12 bits per heavy atom. The molecule has 0 radical (unpaired) electrons. The van der Waals surface area contributed by atoms with Gasteiger partial charge in [-0.15, -0.1) is 0 Å². The minimum Gasteiger partial charge on any atom is -0.493 e. The van der Waals surface area contributed by atoms with Gasteiger partial charge in [0.15, 0.2) is 11.5 Å². The molecule has 2 rings (SSSR count). The highest BCUT2D eigenvalue weighted by Gasteiger charge is 2.34. The third-order valence-electron chi connectivity index (χ3n) is 4.28. The van der Waals surface area contributed by atoms with Crippen LogP contribution >= 0.6 is 0 Å². The van der Waals surface area contributed by atoms with E-state index in [0.29, 0.717) is 17.1 Å². The van der Waals surface area contributed by atoms with Gasteiger partial charge < -0.3 is 14.6 Å². The maximum absolute atomic E-state index is 11.9. The maximum Gasteiger partial charge on any atom is 0.307 e. The summed E-state index contributed by atoms with van der Waals surface area (Å²) >= 11 is 0. The Morgan fingerprint density at radius 2 is 1.77 bits per heavy atom. The number of ether oxygens (including phenoxy) is 2. The van der Waals surface area contributed by atoms with E-state index in [9.17, 15) is 20.0 Å². The Balaban J connectivity index is 2.43. The van der Waals surface area contributed by atoms with Crippen molar-refractivity contribution in [2.24, 2.45) is 5.92 Å². The second-order valence-electron chi connectivity index (χ2n) is 5.87. The first-order chi connectivity index (χ1) is 12.5. The van der Waals surface area contributed by atoms with Crippen molar-refractivity contribution in [3.05, 3.63) is 69.8 Å². The predicted octanol–water partition coefficient (Wildman–Crippen LogP) is 3.01. The average molecular weight is 359 g/mol. The molecule has 0 aliphatic heterocycles. The smallest absolute Gasteiger partial charge is 0.307 e. The fourth-order valence-corrected chi connectivity index (χ4v) is 2.98. The molecule has 2 aromatic rings. The quantitative estimate of drug-likeness (QED) is 0.546. The summed E-state index contributed by atoms with van der Waals surface area (Å²) < 4.78 is 10.4. The molecule has 7 heteroatoms. The first kappa shape index (κ1) is 19.2. The summed E-state index contributed by atoms with van der Waals surface area (Å²) in [7, 11) is 2.95. The van der Waals surface area contributed by atoms with Crippen molar-refractivity contribution < 1.29 is 24.3 Å². The SMILES string of the molecule is COc1ccc(C(C[N+](=O)[O-])C(Cc2ccccc2)C(=O)O)cc1OC. The van der Waals surface area contributed by atoms with E-state index >= 15 is 0 Å². The molecule has 0 aliphatic rings. The molecule has 1 N–H and O–H groups in total. The van der Waals surface area contributed by atoms with E-state index < -0.39 is 29.3 Å². The summed E-state index contributed by atoms with van der Waals surface area (Å²) in [6.45, 7) is -0.487. The first-order valence-corrected chi connectivity index (χ1v) is 8.06. The van der Waals surface area contributed by atoms with Crippen LogP contribution in [0.3, 0.4) is 0 Å². The van der Waals surface area contributed by atoms with Gasteiger partial charge in [-0.3, -0.25) is 14.9 Å². The van der Waals surface area contributed by atoms with Crippen LogP contribution in [-0.2, 0) is 11.2 Å². The molecule has 0 saturated heterocycles. The van der Waals surface area contributed by atoms with Gasteiger partial charge in [0.2, 0.25) is 6.54 Å². The number of hydrogen-bond donors (Lipinski definition) is 1. The number of carboxylic acids is 1. The fourth-order valence-electron chi connectivity index (χ4n) is 2.98. The second-order valence-corrected chi connectivity index (χ2v) is 5.87. The molecule has 26 heavy (non-hydrogen) atoms. The third kappa shape index (κ3) is 4.72. The van der Waals surface area contributed by atoms with Crippen LogP contribution in [-0.4, -0.2) is 36.8 Å². The van der Waals surface area contributed by atoms with Crippen LogP contribution in [0.2, 0.25) is 0 Å². The zero-order valence-corrected chi connectivity index (χ0v) is 14.6. The van der Waals surface area contributed by atoms with Crippen LogP contribution < -0.4 is 9.47 Å². The highest BCUT2D eigenvalue weighted by molar-refractivity contribution is 5.72. The molecule has 2 aromatic carbocycles.